The van der Waals surface area contributed by atoms with E-state index in [0.717, 1.165) is 12.7 Å². The maximum Gasteiger partial charge on any atom is 0.323 e. The highest BCUT2D eigenvalue weighted by molar-refractivity contribution is 7.89. The van der Waals surface area contributed by atoms with Crippen LogP contribution in [0.2, 0.25) is 0 Å². The zero-order valence-corrected chi connectivity index (χ0v) is 13.5. The molecule has 1 atom stereocenters. The maximum absolute atomic E-state index is 12.3. The van der Waals surface area contributed by atoms with Crippen LogP contribution in [0.25, 0.3) is 0 Å². The molecule has 0 fully saturated rings. The van der Waals surface area contributed by atoms with Crippen LogP contribution in [0.3, 0.4) is 0 Å². The predicted molar refractivity (Wildman–Crippen MR) is 78.6 cm³/mol. The van der Waals surface area contributed by atoms with Gasteiger partial charge in [-0.25, -0.2) is 8.42 Å². The van der Waals surface area contributed by atoms with Gasteiger partial charge >= 0.3 is 11.9 Å². The third kappa shape index (κ3) is 5.12. The van der Waals surface area contributed by atoms with Gasteiger partial charge in [-0.05, 0) is 25.5 Å². The molecule has 0 radical (unpaired) electrons. The van der Waals surface area contributed by atoms with Crippen LogP contribution in [0.4, 0.5) is 0 Å². The molecule has 1 rings (SSSR count). The second kappa shape index (κ2) is 7.90. The van der Waals surface area contributed by atoms with Crippen molar-refractivity contribution in [2.24, 2.45) is 0 Å². The van der Waals surface area contributed by atoms with Crippen LogP contribution in [0.15, 0.2) is 29.2 Å². The first-order chi connectivity index (χ1) is 10.3. The number of hydrogen-bond acceptors (Lipinski definition) is 6. The molecule has 0 aliphatic rings. The highest BCUT2D eigenvalue weighted by Gasteiger charge is 2.27. The van der Waals surface area contributed by atoms with Gasteiger partial charge in [0, 0.05) is 6.42 Å². The van der Waals surface area contributed by atoms with E-state index < -0.39 is 28.0 Å². The molecule has 0 amide bonds. The summed E-state index contributed by atoms with van der Waals surface area (Å²) in [7, 11) is -1.53. The number of rotatable bonds is 7. The standard InChI is InChI=1S/C14H19NO6S/c1-10-4-6-11(7-5-10)22(18,19)15-12(14(17)21-3)8-9-13(16)20-2/h4-7,12,15H,8-9H2,1-3H3/t12-/m0/s1. The molecule has 1 aromatic rings. The Bertz CT molecular complexity index is 623. The molecule has 0 heterocycles. The Morgan fingerprint density at radius 1 is 1.14 bits per heavy atom. The van der Waals surface area contributed by atoms with Crippen molar-refractivity contribution in [2.45, 2.75) is 30.7 Å². The molecule has 0 aliphatic heterocycles. The van der Waals surface area contributed by atoms with Crippen LogP contribution in [0, 0.1) is 6.92 Å². The summed E-state index contributed by atoms with van der Waals surface area (Å²) in [5.74, 6) is -1.30. The summed E-state index contributed by atoms with van der Waals surface area (Å²) in [5.41, 5.74) is 0.911. The Hall–Kier alpha value is -1.93. The molecule has 7 nitrogen and oxygen atoms in total. The summed E-state index contributed by atoms with van der Waals surface area (Å²) in [6.45, 7) is 1.83. The molecule has 122 valence electrons. The van der Waals surface area contributed by atoms with Gasteiger partial charge in [0.2, 0.25) is 10.0 Å². The number of nitrogens with one attached hydrogen (secondary N) is 1. The highest BCUT2D eigenvalue weighted by Crippen LogP contribution is 2.12. The van der Waals surface area contributed by atoms with Gasteiger partial charge in [0.05, 0.1) is 19.1 Å². The minimum Gasteiger partial charge on any atom is -0.469 e. The number of carbonyl (C=O) groups is 2. The zero-order chi connectivity index (χ0) is 16.8. The van der Waals surface area contributed by atoms with Crippen LogP contribution >= 0.6 is 0 Å². The molecular weight excluding hydrogens is 310 g/mol. The Kier molecular flexibility index (Phi) is 6.51. The average Bonchev–Trinajstić information content (AvgIpc) is 2.50. The lowest BCUT2D eigenvalue weighted by atomic mass is 10.2. The molecule has 8 heteroatoms. The van der Waals surface area contributed by atoms with Crippen LogP contribution in [0.1, 0.15) is 18.4 Å². The van der Waals surface area contributed by atoms with Gasteiger partial charge < -0.3 is 9.47 Å². The van der Waals surface area contributed by atoms with Crippen molar-refractivity contribution in [3.05, 3.63) is 29.8 Å². The first kappa shape index (κ1) is 18.1. The molecule has 0 aromatic heterocycles. The minimum absolute atomic E-state index is 0.0325. The average molecular weight is 329 g/mol. The summed E-state index contributed by atoms with van der Waals surface area (Å²) in [6.07, 6.45) is -0.156. The van der Waals surface area contributed by atoms with Gasteiger partial charge in [-0.15, -0.1) is 0 Å². The quantitative estimate of drug-likeness (QED) is 0.742. The Labute approximate surface area is 129 Å². The van der Waals surface area contributed by atoms with E-state index >= 15 is 0 Å². The van der Waals surface area contributed by atoms with Crippen LogP contribution in [-0.2, 0) is 29.1 Å². The largest absolute Gasteiger partial charge is 0.469 e. The van der Waals surface area contributed by atoms with Crippen molar-refractivity contribution in [3.8, 4) is 0 Å². The first-order valence-corrected chi connectivity index (χ1v) is 8.02. The minimum atomic E-state index is -3.89. The molecule has 0 unspecified atom stereocenters. The molecule has 1 N–H and O–H groups in total. The van der Waals surface area contributed by atoms with E-state index in [1.807, 2.05) is 6.92 Å². The van der Waals surface area contributed by atoms with E-state index in [4.69, 9.17) is 0 Å². The van der Waals surface area contributed by atoms with Crippen molar-refractivity contribution in [1.29, 1.82) is 0 Å². The van der Waals surface area contributed by atoms with E-state index in [1.54, 1.807) is 12.1 Å². The number of benzene rings is 1. The third-order valence-electron chi connectivity index (χ3n) is 2.98. The molecule has 0 saturated heterocycles. The highest BCUT2D eigenvalue weighted by atomic mass is 32.2. The van der Waals surface area contributed by atoms with Gasteiger partial charge in [0.25, 0.3) is 0 Å². The summed E-state index contributed by atoms with van der Waals surface area (Å²) < 4.78 is 35.8. The lowest BCUT2D eigenvalue weighted by Gasteiger charge is -2.16. The lowest BCUT2D eigenvalue weighted by Crippen LogP contribution is -2.41. The number of carbonyl (C=O) groups excluding carboxylic acids is 2. The second-order valence-corrected chi connectivity index (χ2v) is 6.34. The van der Waals surface area contributed by atoms with Crippen LogP contribution in [0.5, 0.6) is 0 Å². The molecule has 22 heavy (non-hydrogen) atoms. The molecule has 0 aliphatic carbocycles. The monoisotopic (exact) mass is 329 g/mol. The fraction of sp³-hybridized carbons (Fsp3) is 0.429. The summed E-state index contributed by atoms with van der Waals surface area (Å²) in [4.78, 5) is 22.9. The number of esters is 2. The predicted octanol–water partition coefficient (Wildman–Crippen LogP) is 0.768. The summed E-state index contributed by atoms with van der Waals surface area (Å²) >= 11 is 0. The topological polar surface area (TPSA) is 98.8 Å². The second-order valence-electron chi connectivity index (χ2n) is 4.62. The number of hydrogen-bond donors (Lipinski definition) is 1. The lowest BCUT2D eigenvalue weighted by molar-refractivity contribution is -0.144. The fourth-order valence-electron chi connectivity index (χ4n) is 1.70. The number of ether oxygens (including phenoxy) is 2. The van der Waals surface area contributed by atoms with Crippen molar-refractivity contribution < 1.29 is 27.5 Å². The summed E-state index contributed by atoms with van der Waals surface area (Å²) in [6, 6.07) is 5.01. The maximum atomic E-state index is 12.3. The Balaban J connectivity index is 2.89. The van der Waals surface area contributed by atoms with E-state index in [2.05, 4.69) is 14.2 Å². The van der Waals surface area contributed by atoms with Gasteiger partial charge in [0.1, 0.15) is 6.04 Å². The van der Waals surface area contributed by atoms with E-state index in [1.165, 1.54) is 19.2 Å². The summed E-state index contributed by atoms with van der Waals surface area (Å²) in [5, 5.41) is 0. The normalized spacial score (nSPS) is 12.5. The SMILES string of the molecule is COC(=O)CC[C@H](NS(=O)(=O)c1ccc(C)cc1)C(=O)OC. The van der Waals surface area contributed by atoms with Crippen LogP contribution in [-0.4, -0.2) is 40.6 Å². The Morgan fingerprint density at radius 3 is 2.23 bits per heavy atom. The van der Waals surface area contributed by atoms with Gasteiger partial charge in [-0.3, -0.25) is 9.59 Å². The smallest absolute Gasteiger partial charge is 0.323 e. The number of methoxy groups -OCH3 is 2. The van der Waals surface area contributed by atoms with E-state index in [9.17, 15) is 18.0 Å². The zero-order valence-electron chi connectivity index (χ0n) is 12.7. The number of aryl methyl sites for hydroxylation is 1. The van der Waals surface area contributed by atoms with E-state index in [0.29, 0.717) is 0 Å². The Morgan fingerprint density at radius 2 is 1.73 bits per heavy atom. The van der Waals surface area contributed by atoms with Crippen molar-refractivity contribution in [2.75, 3.05) is 14.2 Å². The molecule has 0 spiro atoms. The first-order valence-electron chi connectivity index (χ1n) is 6.54. The van der Waals surface area contributed by atoms with Crippen LogP contribution < -0.4 is 4.72 Å². The van der Waals surface area contributed by atoms with Crippen molar-refractivity contribution >= 4 is 22.0 Å². The molecule has 0 saturated carbocycles. The third-order valence-corrected chi connectivity index (χ3v) is 4.47. The van der Waals surface area contributed by atoms with Gasteiger partial charge in [0.15, 0.2) is 0 Å². The molecule has 1 aromatic carbocycles. The van der Waals surface area contributed by atoms with Gasteiger partial charge in [-0.1, -0.05) is 17.7 Å². The number of sulfonamides is 1. The van der Waals surface area contributed by atoms with E-state index in [-0.39, 0.29) is 17.7 Å². The molecular formula is C14H19NO6S. The fourth-order valence-corrected chi connectivity index (χ4v) is 2.92. The molecule has 0 bridgehead atoms. The van der Waals surface area contributed by atoms with Gasteiger partial charge in [-0.2, -0.15) is 4.72 Å². The van der Waals surface area contributed by atoms with Crippen molar-refractivity contribution in [1.82, 2.24) is 4.72 Å². The van der Waals surface area contributed by atoms with Crippen molar-refractivity contribution in [3.63, 3.8) is 0 Å².